The summed E-state index contributed by atoms with van der Waals surface area (Å²) in [5.74, 6) is -3.06. The first kappa shape index (κ1) is 23.4. The molecule has 28 heavy (non-hydrogen) atoms. The smallest absolute Gasteiger partial charge is 0.303 e. The second-order valence-electron chi connectivity index (χ2n) is 7.46. The Balaban J connectivity index is 2.93. The molecule has 4 amide bonds. The van der Waals surface area contributed by atoms with Gasteiger partial charge in [0.15, 0.2) is 0 Å². The highest BCUT2D eigenvalue weighted by atomic mass is 16.4. The maximum absolute atomic E-state index is 12.8. The second kappa shape index (κ2) is 10.6. The van der Waals surface area contributed by atoms with Crippen molar-refractivity contribution < 1.29 is 29.1 Å². The van der Waals surface area contributed by atoms with E-state index in [4.69, 9.17) is 10.8 Å². The molecule has 1 aliphatic rings. The van der Waals surface area contributed by atoms with E-state index in [1.807, 2.05) is 13.8 Å². The molecule has 3 atom stereocenters. The predicted octanol–water partition coefficient (Wildman–Crippen LogP) is -0.637. The number of aliphatic carboxylic acids is 1. The molecule has 1 fully saturated rings. The van der Waals surface area contributed by atoms with Crippen LogP contribution in [0.25, 0.3) is 0 Å². The number of nitrogens with two attached hydrogens (primary N) is 1. The fraction of sp³-hybridized carbons (Fsp3) is 0.722. The Morgan fingerprint density at radius 2 is 1.79 bits per heavy atom. The quantitative estimate of drug-likeness (QED) is 0.362. The van der Waals surface area contributed by atoms with Crippen molar-refractivity contribution in [1.82, 2.24) is 15.5 Å². The van der Waals surface area contributed by atoms with Crippen LogP contribution in [0.2, 0.25) is 0 Å². The normalized spacial score (nSPS) is 17.1. The summed E-state index contributed by atoms with van der Waals surface area (Å²) in [5, 5.41) is 14.0. The summed E-state index contributed by atoms with van der Waals surface area (Å²) in [5.41, 5.74) is 5.16. The maximum Gasteiger partial charge on any atom is 0.303 e. The topological polar surface area (TPSA) is 159 Å². The van der Waals surface area contributed by atoms with Crippen molar-refractivity contribution in [2.24, 2.45) is 11.7 Å². The van der Waals surface area contributed by atoms with Crippen LogP contribution in [0, 0.1) is 5.92 Å². The first-order valence-corrected chi connectivity index (χ1v) is 9.44. The number of carbonyl (C=O) groups is 5. The van der Waals surface area contributed by atoms with Gasteiger partial charge in [-0.05, 0) is 32.1 Å². The first-order chi connectivity index (χ1) is 13.0. The van der Waals surface area contributed by atoms with Crippen LogP contribution >= 0.6 is 0 Å². The van der Waals surface area contributed by atoms with Gasteiger partial charge in [-0.25, -0.2) is 0 Å². The zero-order valence-electron chi connectivity index (χ0n) is 16.6. The zero-order valence-corrected chi connectivity index (χ0v) is 16.6. The van der Waals surface area contributed by atoms with Crippen LogP contribution in [0.3, 0.4) is 0 Å². The van der Waals surface area contributed by atoms with Gasteiger partial charge in [0, 0.05) is 19.4 Å². The molecule has 0 spiro atoms. The summed E-state index contributed by atoms with van der Waals surface area (Å²) < 4.78 is 0. The molecule has 0 aromatic rings. The van der Waals surface area contributed by atoms with Crippen LogP contribution in [-0.2, 0) is 24.0 Å². The Kier molecular flexibility index (Phi) is 8.87. The number of likely N-dealkylation sites (tertiary alicyclic amines) is 1. The van der Waals surface area contributed by atoms with Crippen LogP contribution in [0.1, 0.15) is 52.9 Å². The molecule has 0 aliphatic carbocycles. The molecule has 1 rings (SSSR count). The lowest BCUT2D eigenvalue weighted by molar-refractivity contribution is -0.142. The molecule has 1 saturated heterocycles. The minimum absolute atomic E-state index is 0.0411. The highest BCUT2D eigenvalue weighted by Crippen LogP contribution is 2.18. The van der Waals surface area contributed by atoms with E-state index < -0.39 is 41.8 Å². The van der Waals surface area contributed by atoms with E-state index in [0.29, 0.717) is 25.8 Å². The Hall–Kier alpha value is -2.65. The maximum atomic E-state index is 12.8. The third-order valence-electron chi connectivity index (χ3n) is 4.55. The molecule has 10 nitrogen and oxygen atoms in total. The SMILES string of the molecule is CC(C)CC(NC(=O)C(CCC(=O)O)N1CCCC1=O)C(=O)NC(C)C(N)=O. The molecular weight excluding hydrogens is 368 g/mol. The van der Waals surface area contributed by atoms with Crippen molar-refractivity contribution in [3.63, 3.8) is 0 Å². The van der Waals surface area contributed by atoms with E-state index >= 15 is 0 Å². The van der Waals surface area contributed by atoms with Gasteiger partial charge in [-0.1, -0.05) is 13.8 Å². The number of hydrogen-bond donors (Lipinski definition) is 4. The van der Waals surface area contributed by atoms with Crippen LogP contribution in [0.5, 0.6) is 0 Å². The van der Waals surface area contributed by atoms with Crippen molar-refractivity contribution in [1.29, 1.82) is 0 Å². The van der Waals surface area contributed by atoms with Gasteiger partial charge in [0.05, 0.1) is 0 Å². The molecule has 0 bridgehead atoms. The van der Waals surface area contributed by atoms with Gasteiger partial charge in [-0.2, -0.15) is 0 Å². The van der Waals surface area contributed by atoms with Crippen molar-refractivity contribution >= 4 is 29.6 Å². The summed E-state index contributed by atoms with van der Waals surface area (Å²) >= 11 is 0. The fourth-order valence-corrected chi connectivity index (χ4v) is 3.04. The van der Waals surface area contributed by atoms with Crippen molar-refractivity contribution in [3.05, 3.63) is 0 Å². The van der Waals surface area contributed by atoms with E-state index in [1.165, 1.54) is 11.8 Å². The summed E-state index contributed by atoms with van der Waals surface area (Å²) in [7, 11) is 0. The molecule has 5 N–H and O–H groups in total. The molecule has 158 valence electrons. The molecule has 0 aromatic heterocycles. The molecular formula is C18H30N4O6. The standard InChI is InChI=1S/C18H30N4O6/c1-10(2)9-12(17(27)20-11(3)16(19)26)21-18(28)13(6-7-15(24)25)22-8-4-5-14(22)23/h10-13H,4-9H2,1-3H3,(H2,19,26)(H,20,27)(H,21,28)(H,24,25). The van der Waals surface area contributed by atoms with E-state index in [9.17, 15) is 24.0 Å². The molecule has 1 aliphatic heterocycles. The van der Waals surface area contributed by atoms with Crippen LogP contribution in [0.4, 0.5) is 0 Å². The minimum atomic E-state index is -1.07. The van der Waals surface area contributed by atoms with Gasteiger partial charge in [-0.15, -0.1) is 0 Å². The van der Waals surface area contributed by atoms with Crippen LogP contribution in [0.15, 0.2) is 0 Å². The third kappa shape index (κ3) is 7.16. The Morgan fingerprint density at radius 1 is 1.14 bits per heavy atom. The molecule has 0 radical (unpaired) electrons. The number of primary amides is 1. The van der Waals surface area contributed by atoms with Crippen LogP contribution < -0.4 is 16.4 Å². The lowest BCUT2D eigenvalue weighted by Crippen LogP contribution is -2.56. The van der Waals surface area contributed by atoms with Gasteiger partial charge in [0.1, 0.15) is 18.1 Å². The van der Waals surface area contributed by atoms with E-state index in [1.54, 1.807) is 0 Å². The van der Waals surface area contributed by atoms with E-state index in [-0.39, 0.29) is 24.7 Å². The number of hydrogen-bond acceptors (Lipinski definition) is 5. The third-order valence-corrected chi connectivity index (χ3v) is 4.55. The average molecular weight is 398 g/mol. The van der Waals surface area contributed by atoms with Gasteiger partial charge in [0.2, 0.25) is 23.6 Å². The zero-order chi connectivity index (χ0) is 21.4. The monoisotopic (exact) mass is 398 g/mol. The lowest BCUT2D eigenvalue weighted by atomic mass is 10.0. The van der Waals surface area contributed by atoms with Gasteiger partial charge < -0.3 is 26.4 Å². The van der Waals surface area contributed by atoms with Crippen molar-refractivity contribution in [2.45, 2.75) is 71.0 Å². The summed E-state index contributed by atoms with van der Waals surface area (Å²) in [4.78, 5) is 60.9. The highest BCUT2D eigenvalue weighted by Gasteiger charge is 2.35. The molecule has 0 aromatic carbocycles. The van der Waals surface area contributed by atoms with Gasteiger partial charge in [-0.3, -0.25) is 24.0 Å². The Labute approximate surface area is 164 Å². The number of rotatable bonds is 11. The summed E-state index contributed by atoms with van der Waals surface area (Å²) in [6.07, 6.45) is 0.898. The largest absolute Gasteiger partial charge is 0.481 e. The number of carboxylic acid groups (broad SMARTS) is 1. The predicted molar refractivity (Wildman–Crippen MR) is 99.8 cm³/mol. The number of nitrogens with zero attached hydrogens (tertiary/aromatic N) is 1. The fourth-order valence-electron chi connectivity index (χ4n) is 3.04. The molecule has 0 saturated carbocycles. The van der Waals surface area contributed by atoms with Gasteiger partial charge >= 0.3 is 5.97 Å². The highest BCUT2D eigenvalue weighted by molar-refractivity contribution is 5.94. The Morgan fingerprint density at radius 3 is 2.25 bits per heavy atom. The summed E-state index contributed by atoms with van der Waals surface area (Å²) in [6, 6.07) is -2.79. The lowest BCUT2D eigenvalue weighted by Gasteiger charge is -2.29. The average Bonchev–Trinajstić information content (AvgIpc) is 2.99. The summed E-state index contributed by atoms with van der Waals surface area (Å²) in [6.45, 7) is 5.55. The van der Waals surface area contributed by atoms with E-state index in [0.717, 1.165) is 0 Å². The van der Waals surface area contributed by atoms with Crippen LogP contribution in [-0.4, -0.2) is 64.3 Å². The number of carbonyl (C=O) groups excluding carboxylic acids is 4. The van der Waals surface area contributed by atoms with Crippen molar-refractivity contribution in [2.75, 3.05) is 6.54 Å². The number of carboxylic acids is 1. The van der Waals surface area contributed by atoms with Crippen molar-refractivity contribution in [3.8, 4) is 0 Å². The second-order valence-corrected chi connectivity index (χ2v) is 7.46. The van der Waals surface area contributed by atoms with Gasteiger partial charge in [0.25, 0.3) is 0 Å². The first-order valence-electron chi connectivity index (χ1n) is 9.44. The Bertz CT molecular complexity index is 621. The number of nitrogens with one attached hydrogen (secondary N) is 2. The molecule has 1 heterocycles. The minimum Gasteiger partial charge on any atom is -0.481 e. The molecule has 3 unspecified atom stereocenters. The number of amides is 4. The molecule has 10 heteroatoms. The van der Waals surface area contributed by atoms with E-state index in [2.05, 4.69) is 10.6 Å².